The summed E-state index contributed by atoms with van der Waals surface area (Å²) in [5.74, 6) is 0.123. The molecule has 0 aliphatic heterocycles. The van der Waals surface area contributed by atoms with Crippen molar-refractivity contribution < 1.29 is 28.6 Å². The second kappa shape index (κ2) is 10.6. The zero-order valence-electron chi connectivity index (χ0n) is 18.6. The molecular formula is C24H29NO6. The lowest BCUT2D eigenvalue weighted by atomic mass is 9.91. The Balaban J connectivity index is 1.99. The third-order valence-corrected chi connectivity index (χ3v) is 4.68. The van der Waals surface area contributed by atoms with Crippen LogP contribution < -0.4 is 14.8 Å². The molecule has 0 radical (unpaired) electrons. The Morgan fingerprint density at radius 3 is 2.26 bits per heavy atom. The van der Waals surface area contributed by atoms with Gasteiger partial charge in [-0.15, -0.1) is 0 Å². The largest absolute Gasteiger partial charge is 0.493 e. The number of aryl methyl sites for hydroxylation is 1. The van der Waals surface area contributed by atoms with E-state index in [1.54, 1.807) is 65.3 Å². The maximum atomic E-state index is 12.5. The van der Waals surface area contributed by atoms with Gasteiger partial charge in [-0.2, -0.15) is 0 Å². The molecule has 166 valence electrons. The van der Waals surface area contributed by atoms with Crippen molar-refractivity contribution in [1.29, 1.82) is 0 Å². The third-order valence-electron chi connectivity index (χ3n) is 4.68. The van der Waals surface area contributed by atoms with E-state index in [4.69, 9.17) is 14.2 Å². The quantitative estimate of drug-likeness (QED) is 0.607. The summed E-state index contributed by atoms with van der Waals surface area (Å²) in [5, 5.41) is 2.75. The highest BCUT2D eigenvalue weighted by Gasteiger charge is 2.23. The molecule has 31 heavy (non-hydrogen) atoms. The normalized spacial score (nSPS) is 10.9. The average Bonchev–Trinajstić information content (AvgIpc) is 2.75. The number of para-hydroxylation sites is 1. The maximum absolute atomic E-state index is 12.5. The second-order valence-electron chi connectivity index (χ2n) is 8.03. The molecule has 0 fully saturated rings. The van der Waals surface area contributed by atoms with E-state index in [2.05, 4.69) is 5.32 Å². The van der Waals surface area contributed by atoms with Crippen LogP contribution in [0.15, 0.2) is 42.5 Å². The van der Waals surface area contributed by atoms with Crippen LogP contribution in [0.3, 0.4) is 0 Å². The molecule has 0 saturated heterocycles. The zero-order chi connectivity index (χ0) is 23.0. The Bertz CT molecular complexity index is 945. The molecule has 0 saturated carbocycles. The standard InChI is InChI=1S/C24H29NO6/c1-24(2,3)21(26)15-31-23(28)17-8-6-7-9-18(17)25-22(27)13-11-16-10-12-19(29-4)20(14-16)30-5/h6-10,12,14H,11,13,15H2,1-5H3,(H,25,27). The molecule has 0 spiro atoms. The van der Waals surface area contributed by atoms with Gasteiger partial charge in [0.15, 0.2) is 23.9 Å². The number of ketones is 1. The van der Waals surface area contributed by atoms with Crippen molar-refractivity contribution in [3.05, 3.63) is 53.6 Å². The van der Waals surface area contributed by atoms with Crippen molar-refractivity contribution in [1.82, 2.24) is 0 Å². The first kappa shape index (κ1) is 23.9. The molecule has 2 aromatic rings. The SMILES string of the molecule is COc1ccc(CCC(=O)Nc2ccccc2C(=O)OCC(=O)C(C)(C)C)cc1OC. The van der Waals surface area contributed by atoms with Gasteiger partial charge in [-0.1, -0.05) is 39.0 Å². The fraction of sp³-hybridized carbons (Fsp3) is 0.375. The summed E-state index contributed by atoms with van der Waals surface area (Å²) in [6.07, 6.45) is 0.695. The van der Waals surface area contributed by atoms with Crippen molar-refractivity contribution in [2.24, 2.45) is 5.41 Å². The lowest BCUT2D eigenvalue weighted by Crippen LogP contribution is -2.26. The molecule has 1 amide bonds. The van der Waals surface area contributed by atoms with E-state index in [0.717, 1.165) is 5.56 Å². The Morgan fingerprint density at radius 2 is 1.61 bits per heavy atom. The first-order valence-electron chi connectivity index (χ1n) is 9.96. The zero-order valence-corrected chi connectivity index (χ0v) is 18.6. The maximum Gasteiger partial charge on any atom is 0.340 e. The van der Waals surface area contributed by atoms with Crippen molar-refractivity contribution in [3.8, 4) is 11.5 Å². The molecule has 0 aromatic heterocycles. The number of anilines is 1. The van der Waals surface area contributed by atoms with Crippen LogP contribution >= 0.6 is 0 Å². The van der Waals surface area contributed by atoms with Gasteiger partial charge in [0.05, 0.1) is 25.5 Å². The molecule has 0 atom stereocenters. The number of nitrogens with one attached hydrogen (secondary N) is 1. The Morgan fingerprint density at radius 1 is 0.935 bits per heavy atom. The number of hydrogen-bond acceptors (Lipinski definition) is 6. The van der Waals surface area contributed by atoms with Crippen LogP contribution in [-0.4, -0.2) is 38.5 Å². The molecule has 1 N–H and O–H groups in total. The highest BCUT2D eigenvalue weighted by molar-refractivity contribution is 6.02. The minimum atomic E-state index is -0.659. The van der Waals surface area contributed by atoms with Crippen LogP contribution in [0, 0.1) is 5.41 Å². The average molecular weight is 427 g/mol. The van der Waals surface area contributed by atoms with E-state index >= 15 is 0 Å². The van der Waals surface area contributed by atoms with Crippen molar-refractivity contribution >= 4 is 23.3 Å². The summed E-state index contributed by atoms with van der Waals surface area (Å²) in [7, 11) is 3.12. The summed E-state index contributed by atoms with van der Waals surface area (Å²) >= 11 is 0. The number of hydrogen-bond donors (Lipinski definition) is 1. The molecule has 7 heteroatoms. The lowest BCUT2D eigenvalue weighted by Gasteiger charge is -2.16. The van der Waals surface area contributed by atoms with Gasteiger partial charge in [-0.05, 0) is 36.2 Å². The number of methoxy groups -OCH3 is 2. The number of carbonyl (C=O) groups excluding carboxylic acids is 3. The monoisotopic (exact) mass is 427 g/mol. The van der Waals surface area contributed by atoms with E-state index in [-0.39, 0.29) is 30.3 Å². The van der Waals surface area contributed by atoms with E-state index in [0.29, 0.717) is 23.6 Å². The molecule has 0 aliphatic carbocycles. The van der Waals surface area contributed by atoms with E-state index in [1.165, 1.54) is 0 Å². The number of benzene rings is 2. The summed E-state index contributed by atoms with van der Waals surface area (Å²) in [5.41, 5.74) is 0.857. The van der Waals surface area contributed by atoms with Gasteiger partial charge in [-0.25, -0.2) is 4.79 Å². The topological polar surface area (TPSA) is 90.9 Å². The van der Waals surface area contributed by atoms with Crippen LogP contribution in [0.25, 0.3) is 0 Å². The van der Waals surface area contributed by atoms with E-state index in [9.17, 15) is 14.4 Å². The molecule has 7 nitrogen and oxygen atoms in total. The number of ether oxygens (including phenoxy) is 3. The first-order chi connectivity index (χ1) is 14.7. The first-order valence-corrected chi connectivity index (χ1v) is 9.96. The van der Waals surface area contributed by atoms with Gasteiger partial charge in [-0.3, -0.25) is 9.59 Å². The highest BCUT2D eigenvalue weighted by Crippen LogP contribution is 2.28. The van der Waals surface area contributed by atoms with Crippen molar-refractivity contribution in [2.75, 3.05) is 26.1 Å². The Hall–Kier alpha value is -3.35. The van der Waals surface area contributed by atoms with Gasteiger partial charge in [0.25, 0.3) is 0 Å². The van der Waals surface area contributed by atoms with E-state index in [1.807, 2.05) is 12.1 Å². The Labute approximate surface area is 182 Å². The minimum absolute atomic E-state index is 0.183. The smallest absolute Gasteiger partial charge is 0.340 e. The number of carbonyl (C=O) groups is 3. The minimum Gasteiger partial charge on any atom is -0.493 e. The Kier molecular flexibility index (Phi) is 8.19. The third kappa shape index (κ3) is 6.84. The summed E-state index contributed by atoms with van der Waals surface area (Å²) < 4.78 is 15.6. The van der Waals surface area contributed by atoms with Crippen LogP contribution in [-0.2, 0) is 20.7 Å². The van der Waals surface area contributed by atoms with Crippen LogP contribution in [0.1, 0.15) is 43.1 Å². The van der Waals surface area contributed by atoms with Crippen molar-refractivity contribution in [2.45, 2.75) is 33.6 Å². The predicted molar refractivity (Wildman–Crippen MR) is 118 cm³/mol. The van der Waals surface area contributed by atoms with Gasteiger partial charge in [0.2, 0.25) is 5.91 Å². The van der Waals surface area contributed by atoms with Crippen LogP contribution in [0.4, 0.5) is 5.69 Å². The van der Waals surface area contributed by atoms with Gasteiger partial charge < -0.3 is 19.5 Å². The van der Waals surface area contributed by atoms with Crippen LogP contribution in [0.2, 0.25) is 0 Å². The summed E-state index contributed by atoms with van der Waals surface area (Å²) in [6, 6.07) is 12.0. The molecule has 2 rings (SSSR count). The summed E-state index contributed by atoms with van der Waals surface area (Å²) in [4.78, 5) is 36.9. The van der Waals surface area contributed by atoms with E-state index < -0.39 is 11.4 Å². The van der Waals surface area contributed by atoms with Gasteiger partial charge in [0.1, 0.15) is 0 Å². The number of esters is 1. The fourth-order valence-corrected chi connectivity index (χ4v) is 2.70. The van der Waals surface area contributed by atoms with Gasteiger partial charge in [0, 0.05) is 11.8 Å². The fourth-order valence-electron chi connectivity index (χ4n) is 2.70. The van der Waals surface area contributed by atoms with Gasteiger partial charge >= 0.3 is 5.97 Å². The summed E-state index contributed by atoms with van der Waals surface area (Å²) in [6.45, 7) is 4.96. The number of amides is 1. The highest BCUT2D eigenvalue weighted by atomic mass is 16.5. The predicted octanol–water partition coefficient (Wildman–Crippen LogP) is 4.05. The lowest BCUT2D eigenvalue weighted by molar-refractivity contribution is -0.129. The second-order valence-corrected chi connectivity index (χ2v) is 8.03. The van der Waals surface area contributed by atoms with Crippen LogP contribution in [0.5, 0.6) is 11.5 Å². The molecule has 2 aromatic carbocycles. The number of rotatable bonds is 9. The molecule has 0 bridgehead atoms. The molecular weight excluding hydrogens is 398 g/mol. The molecule has 0 aliphatic rings. The molecule has 0 heterocycles. The van der Waals surface area contributed by atoms with Crippen molar-refractivity contribution in [3.63, 3.8) is 0 Å². The number of Topliss-reactive ketones (excluding diaryl/α,β-unsaturated/α-hetero) is 1. The molecule has 0 unspecified atom stereocenters.